The van der Waals surface area contributed by atoms with E-state index in [0.717, 1.165) is 0 Å². The topological polar surface area (TPSA) is 117 Å². The highest BCUT2D eigenvalue weighted by Gasteiger charge is 2.29. The minimum absolute atomic E-state index is 0.107. The Morgan fingerprint density at radius 3 is 2.72 bits per heavy atom. The van der Waals surface area contributed by atoms with Crippen LogP contribution in [0.4, 0.5) is 0 Å². The summed E-state index contributed by atoms with van der Waals surface area (Å²) >= 11 is 0. The number of hydrogen-bond acceptors (Lipinski definition) is 7. The predicted octanol–water partition coefficient (Wildman–Crippen LogP) is -1.48. The van der Waals surface area contributed by atoms with Crippen LogP contribution in [0.5, 0.6) is 0 Å². The second-order valence-corrected chi connectivity index (χ2v) is 3.49. The molecule has 1 aromatic heterocycles. The van der Waals surface area contributed by atoms with E-state index in [1.807, 2.05) is 0 Å². The Bertz CT molecular complexity index is 396. The van der Waals surface area contributed by atoms with E-state index in [2.05, 4.69) is 4.98 Å². The summed E-state index contributed by atoms with van der Waals surface area (Å²) in [5.74, 6) is -0.857. The molecule has 0 bridgehead atoms. The third kappa shape index (κ3) is 3.59. The number of aldehydes is 1. The molecular formula is C11H13NO6. The third-order valence-electron chi connectivity index (χ3n) is 2.19. The van der Waals surface area contributed by atoms with E-state index >= 15 is 0 Å². The molecule has 0 saturated carbocycles. The minimum atomic E-state index is -1.69. The van der Waals surface area contributed by atoms with Crippen molar-refractivity contribution < 1.29 is 29.6 Å². The average Bonchev–Trinajstić information content (AvgIpc) is 2.43. The van der Waals surface area contributed by atoms with Gasteiger partial charge in [0.15, 0.2) is 12.4 Å². The summed E-state index contributed by atoms with van der Waals surface area (Å²) in [6.07, 6.45) is -1.94. The first-order valence-electron chi connectivity index (χ1n) is 5.13. The number of carbonyl (C=O) groups is 2. The van der Waals surface area contributed by atoms with Crippen LogP contribution in [0.3, 0.4) is 0 Å². The Hall–Kier alpha value is -1.83. The molecule has 7 nitrogen and oxygen atoms in total. The van der Waals surface area contributed by atoms with Crippen molar-refractivity contribution in [2.75, 3.05) is 6.61 Å². The predicted molar refractivity (Wildman–Crippen MR) is 58.6 cm³/mol. The monoisotopic (exact) mass is 255 g/mol. The van der Waals surface area contributed by atoms with Gasteiger partial charge in [-0.15, -0.1) is 0 Å². The maximum absolute atomic E-state index is 11.6. The van der Waals surface area contributed by atoms with Crippen LogP contribution in [0.1, 0.15) is 10.4 Å². The number of pyridine rings is 1. The quantitative estimate of drug-likeness (QED) is 0.419. The van der Waals surface area contributed by atoms with Gasteiger partial charge in [-0.3, -0.25) is 9.78 Å². The number of rotatable bonds is 6. The summed E-state index contributed by atoms with van der Waals surface area (Å²) in [6, 6.07) is 2.93. The Morgan fingerprint density at radius 1 is 1.50 bits per heavy atom. The fourth-order valence-corrected chi connectivity index (χ4v) is 1.18. The molecule has 0 spiro atoms. The zero-order valence-electron chi connectivity index (χ0n) is 9.34. The number of carbonyl (C=O) groups excluding carboxylic acids is 2. The molecule has 98 valence electrons. The standard InChI is InChI=1S/C11H13NO6/c13-5-8(15)10(16)9(6-14)18-11(17)7-2-1-3-12-4-7/h1-4,6,8-10,13,15-16H,5H2/t8-,9+,10-/m1/s1. The summed E-state index contributed by atoms with van der Waals surface area (Å²) in [7, 11) is 0. The number of esters is 1. The van der Waals surface area contributed by atoms with E-state index in [1.165, 1.54) is 24.5 Å². The lowest BCUT2D eigenvalue weighted by Crippen LogP contribution is -2.42. The molecule has 0 amide bonds. The van der Waals surface area contributed by atoms with Gasteiger partial charge in [-0.05, 0) is 12.1 Å². The minimum Gasteiger partial charge on any atom is -0.448 e. The molecule has 3 atom stereocenters. The SMILES string of the molecule is O=C[C@H](OC(=O)c1cccnc1)[C@H](O)[C@H](O)CO. The van der Waals surface area contributed by atoms with Crippen molar-refractivity contribution in [2.24, 2.45) is 0 Å². The summed E-state index contributed by atoms with van der Waals surface area (Å²) in [5.41, 5.74) is 0.107. The Labute approximate surface area is 103 Å². The lowest BCUT2D eigenvalue weighted by Gasteiger charge is -2.21. The second kappa shape index (κ2) is 6.80. The van der Waals surface area contributed by atoms with Crippen LogP contribution in [0.15, 0.2) is 24.5 Å². The average molecular weight is 255 g/mol. The molecule has 18 heavy (non-hydrogen) atoms. The van der Waals surface area contributed by atoms with Gasteiger partial charge in [0, 0.05) is 12.4 Å². The number of aromatic nitrogens is 1. The van der Waals surface area contributed by atoms with Crippen molar-refractivity contribution >= 4 is 12.3 Å². The maximum Gasteiger partial charge on any atom is 0.340 e. The van der Waals surface area contributed by atoms with Gasteiger partial charge in [-0.1, -0.05) is 0 Å². The molecule has 0 aliphatic rings. The van der Waals surface area contributed by atoms with E-state index in [1.54, 1.807) is 0 Å². The van der Waals surface area contributed by atoms with Gasteiger partial charge in [0.25, 0.3) is 0 Å². The maximum atomic E-state index is 11.6. The molecule has 0 aliphatic heterocycles. The molecule has 0 radical (unpaired) electrons. The Balaban J connectivity index is 2.69. The molecule has 3 N–H and O–H groups in total. The van der Waals surface area contributed by atoms with E-state index in [-0.39, 0.29) is 11.8 Å². The third-order valence-corrected chi connectivity index (χ3v) is 2.19. The van der Waals surface area contributed by atoms with Crippen LogP contribution in [0.2, 0.25) is 0 Å². The highest BCUT2D eigenvalue weighted by molar-refractivity contribution is 5.90. The van der Waals surface area contributed by atoms with Crippen LogP contribution in [-0.2, 0) is 9.53 Å². The van der Waals surface area contributed by atoms with E-state index in [0.29, 0.717) is 0 Å². The summed E-state index contributed by atoms with van der Waals surface area (Å²) < 4.78 is 4.70. The summed E-state index contributed by atoms with van der Waals surface area (Å²) in [4.78, 5) is 25.9. The van der Waals surface area contributed by atoms with Crippen molar-refractivity contribution in [3.63, 3.8) is 0 Å². The molecule has 1 heterocycles. The van der Waals surface area contributed by atoms with Crippen LogP contribution < -0.4 is 0 Å². The summed E-state index contributed by atoms with van der Waals surface area (Å²) in [5, 5.41) is 27.2. The van der Waals surface area contributed by atoms with Crippen LogP contribution in [-0.4, -0.2) is 57.5 Å². The normalized spacial score (nSPS) is 15.5. The largest absolute Gasteiger partial charge is 0.448 e. The van der Waals surface area contributed by atoms with Crippen molar-refractivity contribution in [1.82, 2.24) is 4.98 Å². The fraction of sp³-hybridized carbons (Fsp3) is 0.364. The highest BCUT2D eigenvalue weighted by atomic mass is 16.6. The molecule has 0 saturated heterocycles. The van der Waals surface area contributed by atoms with E-state index < -0.39 is 30.9 Å². The van der Waals surface area contributed by atoms with Gasteiger partial charge >= 0.3 is 5.97 Å². The number of hydrogen-bond donors (Lipinski definition) is 3. The number of aliphatic hydroxyl groups excluding tert-OH is 3. The Morgan fingerprint density at radius 2 is 2.22 bits per heavy atom. The van der Waals surface area contributed by atoms with Gasteiger partial charge in [-0.2, -0.15) is 0 Å². The highest BCUT2D eigenvalue weighted by Crippen LogP contribution is 2.07. The van der Waals surface area contributed by atoms with Crippen molar-refractivity contribution in [2.45, 2.75) is 18.3 Å². The van der Waals surface area contributed by atoms with Crippen molar-refractivity contribution in [3.8, 4) is 0 Å². The smallest absolute Gasteiger partial charge is 0.340 e. The van der Waals surface area contributed by atoms with E-state index in [4.69, 9.17) is 14.9 Å². The van der Waals surface area contributed by atoms with Crippen LogP contribution >= 0.6 is 0 Å². The van der Waals surface area contributed by atoms with Gasteiger partial charge in [0.05, 0.1) is 12.2 Å². The fourth-order valence-electron chi connectivity index (χ4n) is 1.18. The first kappa shape index (κ1) is 14.2. The molecule has 1 rings (SSSR count). The van der Waals surface area contributed by atoms with Crippen LogP contribution in [0, 0.1) is 0 Å². The van der Waals surface area contributed by atoms with Gasteiger partial charge < -0.3 is 20.1 Å². The molecule has 0 unspecified atom stereocenters. The van der Waals surface area contributed by atoms with Crippen molar-refractivity contribution in [1.29, 1.82) is 0 Å². The summed E-state index contributed by atoms with van der Waals surface area (Å²) in [6.45, 7) is -0.754. The lowest BCUT2D eigenvalue weighted by atomic mass is 10.1. The molecule has 0 aromatic carbocycles. The first-order chi connectivity index (χ1) is 8.60. The second-order valence-electron chi connectivity index (χ2n) is 3.49. The number of ether oxygens (including phenoxy) is 1. The Kier molecular flexibility index (Phi) is 5.37. The van der Waals surface area contributed by atoms with Gasteiger partial charge in [0.1, 0.15) is 12.2 Å². The zero-order valence-corrected chi connectivity index (χ0v) is 9.34. The van der Waals surface area contributed by atoms with Gasteiger partial charge in [0.2, 0.25) is 0 Å². The van der Waals surface area contributed by atoms with Crippen molar-refractivity contribution in [3.05, 3.63) is 30.1 Å². The molecule has 1 aromatic rings. The van der Waals surface area contributed by atoms with Gasteiger partial charge in [-0.25, -0.2) is 4.79 Å². The van der Waals surface area contributed by atoms with E-state index in [9.17, 15) is 14.7 Å². The van der Waals surface area contributed by atoms with Crippen LogP contribution in [0.25, 0.3) is 0 Å². The number of nitrogens with zero attached hydrogens (tertiary/aromatic N) is 1. The molecule has 7 heteroatoms. The molecule has 0 fully saturated rings. The molecule has 0 aliphatic carbocycles. The number of aliphatic hydroxyl groups is 3. The zero-order chi connectivity index (χ0) is 13.5. The molecular weight excluding hydrogens is 242 g/mol. The lowest BCUT2D eigenvalue weighted by molar-refractivity contribution is -0.129. The first-order valence-corrected chi connectivity index (χ1v) is 5.13.